The summed E-state index contributed by atoms with van der Waals surface area (Å²) in [7, 11) is 0. The molecule has 1 saturated heterocycles. The number of amides is 1. The smallest absolute Gasteiger partial charge is 0.223 e. The van der Waals surface area contributed by atoms with Gasteiger partial charge in [-0.15, -0.1) is 0 Å². The maximum atomic E-state index is 12.1. The fourth-order valence-electron chi connectivity index (χ4n) is 2.45. The van der Waals surface area contributed by atoms with Gasteiger partial charge in [0.25, 0.3) is 0 Å². The third-order valence-electron chi connectivity index (χ3n) is 3.66. The van der Waals surface area contributed by atoms with E-state index in [2.05, 4.69) is 0 Å². The molecule has 2 heterocycles. The lowest BCUT2D eigenvalue weighted by Crippen LogP contribution is -2.41. The molecule has 1 aromatic rings. The Labute approximate surface area is 120 Å². The molecule has 0 saturated carbocycles. The van der Waals surface area contributed by atoms with E-state index in [9.17, 15) is 4.79 Å². The van der Waals surface area contributed by atoms with Crippen molar-refractivity contribution >= 4 is 5.91 Å². The van der Waals surface area contributed by atoms with Gasteiger partial charge in [-0.2, -0.15) is 0 Å². The van der Waals surface area contributed by atoms with E-state index in [0.29, 0.717) is 19.4 Å². The van der Waals surface area contributed by atoms with Gasteiger partial charge in [-0.3, -0.25) is 4.79 Å². The molecule has 0 spiro atoms. The summed E-state index contributed by atoms with van der Waals surface area (Å²) < 4.78 is 11.0. The highest BCUT2D eigenvalue weighted by Gasteiger charge is 2.22. The molecule has 1 aliphatic heterocycles. The number of likely N-dealkylation sites (tertiary alicyclic amines) is 1. The number of furan rings is 1. The molecular formula is C15H24N2O3. The van der Waals surface area contributed by atoms with E-state index in [1.165, 1.54) is 0 Å². The molecule has 0 unspecified atom stereocenters. The van der Waals surface area contributed by atoms with Gasteiger partial charge in [0.05, 0.1) is 12.4 Å². The first-order valence-corrected chi connectivity index (χ1v) is 7.41. The van der Waals surface area contributed by atoms with Crippen LogP contribution < -0.4 is 5.73 Å². The van der Waals surface area contributed by atoms with Crippen molar-refractivity contribution in [3.63, 3.8) is 0 Å². The van der Waals surface area contributed by atoms with Crippen molar-refractivity contribution in [3.05, 3.63) is 24.2 Å². The number of carbonyl (C=O) groups excluding carboxylic acids is 1. The van der Waals surface area contributed by atoms with Crippen molar-refractivity contribution in [3.8, 4) is 0 Å². The van der Waals surface area contributed by atoms with E-state index in [0.717, 1.165) is 44.7 Å². The van der Waals surface area contributed by atoms with Crippen LogP contribution in [0.1, 0.15) is 31.4 Å². The van der Waals surface area contributed by atoms with Gasteiger partial charge in [-0.05, 0) is 37.9 Å². The van der Waals surface area contributed by atoms with Gasteiger partial charge in [0.15, 0.2) is 0 Å². The number of nitrogens with zero attached hydrogens (tertiary/aromatic N) is 1. The fraction of sp³-hybridized carbons (Fsp3) is 0.667. The molecule has 0 aliphatic carbocycles. The first-order valence-electron chi connectivity index (χ1n) is 7.41. The van der Waals surface area contributed by atoms with Gasteiger partial charge in [0.2, 0.25) is 5.91 Å². The summed E-state index contributed by atoms with van der Waals surface area (Å²) in [6, 6.07) is 3.76. The predicted octanol–water partition coefficient (Wildman–Crippen LogP) is 1.57. The topological polar surface area (TPSA) is 68.7 Å². The molecule has 1 fully saturated rings. The fourth-order valence-corrected chi connectivity index (χ4v) is 2.45. The number of rotatable bonds is 7. The average molecular weight is 280 g/mol. The van der Waals surface area contributed by atoms with Gasteiger partial charge in [0.1, 0.15) is 5.76 Å². The van der Waals surface area contributed by atoms with E-state index in [-0.39, 0.29) is 12.0 Å². The molecule has 1 amide bonds. The number of nitrogens with two attached hydrogens (primary N) is 1. The van der Waals surface area contributed by atoms with E-state index < -0.39 is 0 Å². The van der Waals surface area contributed by atoms with Crippen LogP contribution in [0.4, 0.5) is 0 Å². The van der Waals surface area contributed by atoms with Crippen molar-refractivity contribution < 1.29 is 13.9 Å². The molecule has 1 aromatic heterocycles. The average Bonchev–Trinajstić information content (AvgIpc) is 2.99. The second-order valence-corrected chi connectivity index (χ2v) is 5.17. The molecule has 0 aromatic carbocycles. The van der Waals surface area contributed by atoms with Crippen molar-refractivity contribution in [1.29, 1.82) is 0 Å². The van der Waals surface area contributed by atoms with E-state index >= 15 is 0 Å². The van der Waals surface area contributed by atoms with E-state index in [1.807, 2.05) is 17.0 Å². The van der Waals surface area contributed by atoms with Gasteiger partial charge < -0.3 is 19.8 Å². The summed E-state index contributed by atoms with van der Waals surface area (Å²) in [5.41, 5.74) is 5.44. The Morgan fingerprint density at radius 3 is 2.90 bits per heavy atom. The van der Waals surface area contributed by atoms with Crippen molar-refractivity contribution in [2.75, 3.05) is 26.2 Å². The highest BCUT2D eigenvalue weighted by Crippen LogP contribution is 2.15. The van der Waals surface area contributed by atoms with Gasteiger partial charge in [-0.1, -0.05) is 0 Å². The first-order chi connectivity index (χ1) is 9.79. The van der Waals surface area contributed by atoms with Gasteiger partial charge in [-0.25, -0.2) is 0 Å². The Balaban J connectivity index is 1.64. The van der Waals surface area contributed by atoms with Crippen LogP contribution in [-0.2, 0) is 16.0 Å². The third kappa shape index (κ3) is 4.65. The minimum atomic E-state index is 0.210. The molecular weight excluding hydrogens is 256 g/mol. The van der Waals surface area contributed by atoms with E-state index in [4.69, 9.17) is 14.9 Å². The first kappa shape index (κ1) is 15.1. The highest BCUT2D eigenvalue weighted by atomic mass is 16.5. The maximum absolute atomic E-state index is 12.1. The lowest BCUT2D eigenvalue weighted by molar-refractivity contribution is -0.133. The molecule has 20 heavy (non-hydrogen) atoms. The number of aryl methyl sites for hydroxylation is 1. The summed E-state index contributed by atoms with van der Waals surface area (Å²) in [6.45, 7) is 2.99. The Kier molecular flexibility index (Phi) is 6.08. The monoisotopic (exact) mass is 280 g/mol. The zero-order valence-corrected chi connectivity index (χ0v) is 11.9. The van der Waals surface area contributed by atoms with Crippen LogP contribution in [0.15, 0.2) is 22.8 Å². The van der Waals surface area contributed by atoms with Crippen LogP contribution in [0.25, 0.3) is 0 Å². The molecule has 2 rings (SSSR count). The van der Waals surface area contributed by atoms with Crippen LogP contribution in [0.5, 0.6) is 0 Å². The summed E-state index contributed by atoms with van der Waals surface area (Å²) in [6.07, 6.45) is 5.89. The summed E-state index contributed by atoms with van der Waals surface area (Å²) in [5.74, 6) is 1.08. The van der Waals surface area contributed by atoms with Crippen LogP contribution in [0, 0.1) is 0 Å². The van der Waals surface area contributed by atoms with Crippen molar-refractivity contribution in [2.24, 2.45) is 5.73 Å². The zero-order chi connectivity index (χ0) is 14.2. The Morgan fingerprint density at radius 2 is 2.25 bits per heavy atom. The number of hydrogen-bond acceptors (Lipinski definition) is 4. The zero-order valence-electron chi connectivity index (χ0n) is 11.9. The summed E-state index contributed by atoms with van der Waals surface area (Å²) in [5, 5.41) is 0. The molecule has 1 aliphatic rings. The summed E-state index contributed by atoms with van der Waals surface area (Å²) >= 11 is 0. The van der Waals surface area contributed by atoms with Crippen LogP contribution in [-0.4, -0.2) is 43.2 Å². The largest absolute Gasteiger partial charge is 0.469 e. The third-order valence-corrected chi connectivity index (χ3v) is 3.66. The summed E-state index contributed by atoms with van der Waals surface area (Å²) in [4.78, 5) is 14.0. The molecule has 5 nitrogen and oxygen atoms in total. The molecule has 2 N–H and O–H groups in total. The molecule has 112 valence electrons. The van der Waals surface area contributed by atoms with Crippen LogP contribution in [0.2, 0.25) is 0 Å². The van der Waals surface area contributed by atoms with E-state index in [1.54, 1.807) is 6.26 Å². The lowest BCUT2D eigenvalue weighted by Gasteiger charge is -2.32. The highest BCUT2D eigenvalue weighted by molar-refractivity contribution is 5.76. The Hall–Kier alpha value is -1.33. The van der Waals surface area contributed by atoms with Crippen molar-refractivity contribution in [1.82, 2.24) is 4.90 Å². The number of ether oxygens (including phenoxy) is 1. The maximum Gasteiger partial charge on any atom is 0.223 e. The number of piperidine rings is 1. The lowest BCUT2D eigenvalue weighted by atomic mass is 10.1. The quantitative estimate of drug-likeness (QED) is 0.770. The van der Waals surface area contributed by atoms with Gasteiger partial charge >= 0.3 is 0 Å². The standard InChI is InChI=1S/C15H24N2O3/c16-8-2-12-20-14-6-9-17(10-7-14)15(18)5-4-13-3-1-11-19-13/h1,3,11,14H,2,4-10,12,16H2. The van der Waals surface area contributed by atoms with Gasteiger partial charge in [0, 0.05) is 32.5 Å². The van der Waals surface area contributed by atoms with Crippen molar-refractivity contribution in [2.45, 2.75) is 38.2 Å². The molecule has 0 atom stereocenters. The normalized spacial score (nSPS) is 16.6. The molecule has 0 radical (unpaired) electrons. The Bertz CT molecular complexity index is 384. The van der Waals surface area contributed by atoms with Crippen LogP contribution >= 0.6 is 0 Å². The second kappa shape index (κ2) is 8.07. The second-order valence-electron chi connectivity index (χ2n) is 5.17. The minimum absolute atomic E-state index is 0.210. The Morgan fingerprint density at radius 1 is 1.45 bits per heavy atom. The minimum Gasteiger partial charge on any atom is -0.469 e. The predicted molar refractivity (Wildman–Crippen MR) is 76.3 cm³/mol. The van der Waals surface area contributed by atoms with Crippen LogP contribution in [0.3, 0.4) is 0 Å². The number of carbonyl (C=O) groups is 1. The SMILES string of the molecule is NCCCOC1CCN(C(=O)CCc2ccco2)CC1. The number of hydrogen-bond donors (Lipinski definition) is 1. The molecule has 0 bridgehead atoms. The molecule has 5 heteroatoms.